The van der Waals surface area contributed by atoms with Crippen LogP contribution in [0.3, 0.4) is 0 Å². The van der Waals surface area contributed by atoms with Gasteiger partial charge >= 0.3 is 6.09 Å². The van der Waals surface area contributed by atoms with Gasteiger partial charge in [-0.05, 0) is 63.4 Å². The number of alkyl carbamates (subject to hydrolysis) is 1. The number of nitrogens with zero attached hydrogens (tertiary/aromatic N) is 3. The summed E-state index contributed by atoms with van der Waals surface area (Å²) in [5.41, 5.74) is 2.19. The number of anilines is 1. The molecule has 186 valence electrons. The number of ether oxygens (including phenoxy) is 3. The average molecular weight is 480 g/mol. The van der Waals surface area contributed by atoms with Crippen molar-refractivity contribution in [1.29, 1.82) is 0 Å². The molecule has 3 unspecified atom stereocenters. The van der Waals surface area contributed by atoms with Crippen LogP contribution in [-0.2, 0) is 16.1 Å². The van der Waals surface area contributed by atoms with Crippen LogP contribution in [0.5, 0.6) is 5.75 Å². The normalized spacial score (nSPS) is 19.8. The largest absolute Gasteiger partial charge is 0.497 e. The number of carbonyl (C=O) groups excluding carboxylic acids is 1. The average Bonchev–Trinajstić information content (AvgIpc) is 3.48. The Morgan fingerprint density at radius 1 is 1.03 bits per heavy atom. The SMILES string of the molecule is COc1ccc(COC2CC(NC(=O)OC(C)(C)C)C(Nc3ccccc3-n3nccn3)C2)cc1. The highest BCUT2D eigenvalue weighted by Gasteiger charge is 2.37. The third kappa shape index (κ3) is 6.73. The van der Waals surface area contributed by atoms with Crippen molar-refractivity contribution in [3.8, 4) is 11.4 Å². The van der Waals surface area contributed by atoms with Gasteiger partial charge in [-0.15, -0.1) is 4.80 Å². The number of hydrogen-bond donors (Lipinski definition) is 2. The first-order valence-corrected chi connectivity index (χ1v) is 11.8. The third-order valence-corrected chi connectivity index (χ3v) is 5.75. The molecule has 1 aliphatic carbocycles. The summed E-state index contributed by atoms with van der Waals surface area (Å²) in [6, 6.07) is 15.4. The van der Waals surface area contributed by atoms with Gasteiger partial charge < -0.3 is 24.8 Å². The fourth-order valence-corrected chi connectivity index (χ4v) is 4.15. The molecule has 1 heterocycles. The Kier molecular flexibility index (Phi) is 7.55. The summed E-state index contributed by atoms with van der Waals surface area (Å²) < 4.78 is 17.0. The van der Waals surface area contributed by atoms with Gasteiger partial charge in [-0.3, -0.25) is 0 Å². The lowest BCUT2D eigenvalue weighted by molar-refractivity contribution is 0.0401. The van der Waals surface area contributed by atoms with E-state index in [4.69, 9.17) is 14.2 Å². The number of amides is 1. The minimum absolute atomic E-state index is 0.0375. The maximum Gasteiger partial charge on any atom is 0.407 e. The molecule has 2 N–H and O–H groups in total. The number of carbonyl (C=O) groups is 1. The van der Waals surface area contributed by atoms with Crippen molar-refractivity contribution in [1.82, 2.24) is 20.3 Å². The highest BCUT2D eigenvalue weighted by atomic mass is 16.6. The maximum absolute atomic E-state index is 12.6. The predicted molar refractivity (Wildman–Crippen MR) is 133 cm³/mol. The second kappa shape index (κ2) is 10.8. The zero-order chi connectivity index (χ0) is 24.8. The van der Waals surface area contributed by atoms with Crippen molar-refractivity contribution in [2.45, 2.75) is 64.0 Å². The predicted octanol–water partition coefficient (Wildman–Crippen LogP) is 4.33. The lowest BCUT2D eigenvalue weighted by atomic mass is 10.1. The van der Waals surface area contributed by atoms with Crippen molar-refractivity contribution in [3.05, 3.63) is 66.5 Å². The fraction of sp³-hybridized carbons (Fsp3) is 0.423. The molecule has 0 aliphatic heterocycles. The van der Waals surface area contributed by atoms with Crippen molar-refractivity contribution in [3.63, 3.8) is 0 Å². The summed E-state index contributed by atoms with van der Waals surface area (Å²) in [7, 11) is 1.65. The second-order valence-electron chi connectivity index (χ2n) is 9.59. The van der Waals surface area contributed by atoms with Crippen molar-refractivity contribution in [2.24, 2.45) is 0 Å². The number of hydrogen-bond acceptors (Lipinski definition) is 7. The Balaban J connectivity index is 1.47. The Bertz CT molecular complexity index is 1100. The molecule has 35 heavy (non-hydrogen) atoms. The van der Waals surface area contributed by atoms with E-state index >= 15 is 0 Å². The van der Waals surface area contributed by atoms with E-state index in [0.29, 0.717) is 13.0 Å². The summed E-state index contributed by atoms with van der Waals surface area (Å²) in [6.45, 7) is 6.04. The zero-order valence-electron chi connectivity index (χ0n) is 20.6. The van der Waals surface area contributed by atoms with Gasteiger partial charge in [-0.2, -0.15) is 10.2 Å². The minimum atomic E-state index is -0.575. The molecule has 0 spiro atoms. The van der Waals surface area contributed by atoms with Crippen LogP contribution in [0.15, 0.2) is 60.9 Å². The van der Waals surface area contributed by atoms with Crippen LogP contribution in [-0.4, -0.2) is 52.0 Å². The number of benzene rings is 2. The van der Waals surface area contributed by atoms with Crippen molar-refractivity contribution in [2.75, 3.05) is 12.4 Å². The number of nitrogens with one attached hydrogen (secondary N) is 2. The molecule has 3 atom stereocenters. The van der Waals surface area contributed by atoms with Crippen molar-refractivity contribution >= 4 is 11.8 Å². The third-order valence-electron chi connectivity index (χ3n) is 5.75. The van der Waals surface area contributed by atoms with Crippen LogP contribution in [0, 0.1) is 0 Å². The van der Waals surface area contributed by atoms with Crippen LogP contribution in [0.25, 0.3) is 5.69 Å². The van der Waals surface area contributed by atoms with E-state index < -0.39 is 11.7 Å². The van der Waals surface area contributed by atoms with Gasteiger partial charge in [0, 0.05) is 6.04 Å². The first kappa shape index (κ1) is 24.5. The quantitative estimate of drug-likeness (QED) is 0.496. The maximum atomic E-state index is 12.6. The molecule has 9 nitrogen and oxygen atoms in total. The van der Waals surface area contributed by atoms with Crippen molar-refractivity contribution < 1.29 is 19.0 Å². The molecule has 2 aromatic carbocycles. The highest BCUT2D eigenvalue weighted by molar-refractivity contribution is 5.68. The topological polar surface area (TPSA) is 99.5 Å². The van der Waals surface area contributed by atoms with Crippen LogP contribution in [0.1, 0.15) is 39.2 Å². The number of rotatable bonds is 8. The Hall–Kier alpha value is -3.59. The monoisotopic (exact) mass is 479 g/mol. The molecular weight excluding hydrogens is 446 g/mol. The van der Waals surface area contributed by atoms with Crippen LogP contribution < -0.4 is 15.4 Å². The molecule has 1 saturated carbocycles. The summed E-state index contributed by atoms with van der Waals surface area (Å²) in [5, 5.41) is 15.2. The van der Waals surface area contributed by atoms with E-state index in [1.807, 2.05) is 69.3 Å². The van der Waals surface area contributed by atoms with Crippen LogP contribution in [0.4, 0.5) is 10.5 Å². The van der Waals surface area contributed by atoms with E-state index in [-0.39, 0.29) is 18.2 Å². The zero-order valence-corrected chi connectivity index (χ0v) is 20.6. The summed E-state index contributed by atoms with van der Waals surface area (Å²) in [5.74, 6) is 0.811. The number of aromatic nitrogens is 3. The molecule has 1 aromatic heterocycles. The van der Waals surface area contributed by atoms with Crippen LogP contribution in [0.2, 0.25) is 0 Å². The lowest BCUT2D eigenvalue weighted by Gasteiger charge is -2.26. The standard InChI is InChI=1S/C26H33N5O4/c1-26(2,3)35-25(32)30-23-16-20(34-17-18-9-11-19(33-4)12-10-18)15-22(23)29-21-7-5-6-8-24(21)31-27-13-14-28-31/h5-14,20,22-23,29H,15-17H2,1-4H3,(H,30,32). The first-order chi connectivity index (χ1) is 16.8. The first-order valence-electron chi connectivity index (χ1n) is 11.8. The Morgan fingerprint density at radius 3 is 2.40 bits per heavy atom. The minimum Gasteiger partial charge on any atom is -0.497 e. The Labute approximate surface area is 205 Å². The van der Waals surface area contributed by atoms with Gasteiger partial charge in [0.05, 0.1) is 43.9 Å². The number of methoxy groups -OCH3 is 1. The summed E-state index contributed by atoms with van der Waals surface area (Å²) >= 11 is 0. The van der Waals surface area contributed by atoms with E-state index in [2.05, 4.69) is 20.8 Å². The molecule has 4 rings (SSSR count). The summed E-state index contributed by atoms with van der Waals surface area (Å²) in [4.78, 5) is 14.1. The number of para-hydroxylation sites is 2. The van der Waals surface area contributed by atoms with Crippen LogP contribution >= 0.6 is 0 Å². The van der Waals surface area contributed by atoms with Gasteiger partial charge in [-0.1, -0.05) is 24.3 Å². The molecule has 1 amide bonds. The van der Waals surface area contributed by atoms with Gasteiger partial charge in [0.2, 0.25) is 0 Å². The molecule has 1 fully saturated rings. The van der Waals surface area contributed by atoms with E-state index in [9.17, 15) is 4.79 Å². The molecular formula is C26H33N5O4. The molecule has 9 heteroatoms. The van der Waals surface area contributed by atoms with Gasteiger partial charge in [0.1, 0.15) is 17.0 Å². The molecule has 0 radical (unpaired) electrons. The Morgan fingerprint density at radius 2 is 1.71 bits per heavy atom. The molecule has 0 saturated heterocycles. The van der Waals surface area contributed by atoms with E-state index in [1.165, 1.54) is 0 Å². The lowest BCUT2D eigenvalue weighted by Crippen LogP contribution is -2.45. The fourth-order valence-electron chi connectivity index (χ4n) is 4.15. The van der Waals surface area contributed by atoms with E-state index in [0.717, 1.165) is 29.1 Å². The van der Waals surface area contributed by atoms with Gasteiger partial charge in [0.25, 0.3) is 0 Å². The second-order valence-corrected chi connectivity index (χ2v) is 9.59. The highest BCUT2D eigenvalue weighted by Crippen LogP contribution is 2.29. The molecule has 1 aliphatic rings. The molecule has 0 bridgehead atoms. The summed E-state index contributed by atoms with van der Waals surface area (Å²) in [6.07, 6.45) is 4.19. The molecule has 3 aromatic rings. The van der Waals surface area contributed by atoms with E-state index in [1.54, 1.807) is 24.3 Å². The van der Waals surface area contributed by atoms with Gasteiger partial charge in [0.15, 0.2) is 0 Å². The van der Waals surface area contributed by atoms with Gasteiger partial charge in [-0.25, -0.2) is 4.79 Å². The smallest absolute Gasteiger partial charge is 0.407 e.